The van der Waals surface area contributed by atoms with Crippen molar-refractivity contribution in [2.75, 3.05) is 11.9 Å². The largest absolute Gasteiger partial charge is 0.494 e. The lowest BCUT2D eigenvalue weighted by molar-refractivity contribution is 0.335. The molecule has 1 aromatic carbocycles. The van der Waals surface area contributed by atoms with Crippen LogP contribution >= 0.6 is 0 Å². The van der Waals surface area contributed by atoms with Gasteiger partial charge < -0.3 is 10.1 Å². The molecule has 2 aromatic rings. The van der Waals surface area contributed by atoms with Crippen LogP contribution < -0.4 is 10.1 Å². The van der Waals surface area contributed by atoms with Crippen molar-refractivity contribution < 1.29 is 4.74 Å². The van der Waals surface area contributed by atoms with Gasteiger partial charge in [-0.2, -0.15) is 5.10 Å². The molecule has 0 amide bonds. The number of hydrogen-bond acceptors (Lipinski definition) is 3. The van der Waals surface area contributed by atoms with E-state index in [0.717, 1.165) is 28.4 Å². The third-order valence-corrected chi connectivity index (χ3v) is 3.17. The van der Waals surface area contributed by atoms with E-state index in [1.165, 1.54) is 0 Å². The summed E-state index contributed by atoms with van der Waals surface area (Å²) in [5.74, 6) is 0.934. The third kappa shape index (κ3) is 2.89. The van der Waals surface area contributed by atoms with Gasteiger partial charge in [-0.25, -0.2) is 0 Å². The first-order valence-corrected chi connectivity index (χ1v) is 6.63. The number of H-pyrrole nitrogens is 1. The highest BCUT2D eigenvalue weighted by atomic mass is 16.5. The Balaban J connectivity index is 2.23. The van der Waals surface area contributed by atoms with Crippen LogP contribution in [0, 0.1) is 13.8 Å². The molecular weight excluding hydrogens is 238 g/mol. The van der Waals surface area contributed by atoms with Gasteiger partial charge in [0, 0.05) is 5.56 Å². The van der Waals surface area contributed by atoms with Crippen LogP contribution in [0.3, 0.4) is 0 Å². The number of ether oxygens (including phenoxy) is 1. The van der Waals surface area contributed by atoms with E-state index in [4.69, 9.17) is 4.74 Å². The van der Waals surface area contributed by atoms with E-state index < -0.39 is 0 Å². The van der Waals surface area contributed by atoms with Gasteiger partial charge in [0.1, 0.15) is 5.75 Å². The molecule has 102 valence electrons. The number of nitrogens with zero attached hydrogens (tertiary/aromatic N) is 1. The Morgan fingerprint density at radius 2 is 2.05 bits per heavy atom. The molecule has 1 heterocycles. The maximum Gasteiger partial charge on any atom is 0.124 e. The highest BCUT2D eigenvalue weighted by Crippen LogP contribution is 2.29. The summed E-state index contributed by atoms with van der Waals surface area (Å²) < 4.78 is 5.67. The topological polar surface area (TPSA) is 49.9 Å². The van der Waals surface area contributed by atoms with Gasteiger partial charge in [0.05, 0.1) is 29.7 Å². The lowest BCUT2D eigenvalue weighted by Crippen LogP contribution is -2.10. The number of nitrogens with one attached hydrogen (secondary N) is 2. The molecule has 0 spiro atoms. The molecule has 0 fully saturated rings. The van der Waals surface area contributed by atoms with Gasteiger partial charge in [0.25, 0.3) is 0 Å². The molecule has 0 aliphatic heterocycles. The highest BCUT2D eigenvalue weighted by molar-refractivity contribution is 5.54. The predicted molar refractivity (Wildman–Crippen MR) is 77.7 cm³/mol. The second kappa shape index (κ2) is 5.78. The van der Waals surface area contributed by atoms with Crippen LogP contribution in [-0.4, -0.2) is 16.8 Å². The summed E-state index contributed by atoms with van der Waals surface area (Å²) in [4.78, 5) is 0. The van der Waals surface area contributed by atoms with E-state index in [0.29, 0.717) is 6.61 Å². The van der Waals surface area contributed by atoms with E-state index in [2.05, 4.69) is 28.5 Å². The normalized spacial score (nSPS) is 12.2. The first-order chi connectivity index (χ1) is 9.13. The molecule has 0 radical (unpaired) electrons. The highest BCUT2D eigenvalue weighted by Gasteiger charge is 2.14. The Labute approximate surface area is 114 Å². The monoisotopic (exact) mass is 259 g/mol. The van der Waals surface area contributed by atoms with Gasteiger partial charge in [-0.15, -0.1) is 0 Å². The number of aryl methyl sites for hydroxylation is 2. The van der Waals surface area contributed by atoms with E-state index in [-0.39, 0.29) is 6.04 Å². The fourth-order valence-electron chi connectivity index (χ4n) is 2.18. The Bertz CT molecular complexity index is 529. The maximum absolute atomic E-state index is 5.67. The average Bonchev–Trinajstić information content (AvgIpc) is 2.71. The van der Waals surface area contributed by atoms with Gasteiger partial charge in [-0.3, -0.25) is 5.10 Å². The summed E-state index contributed by atoms with van der Waals surface area (Å²) in [5, 5.41) is 10.7. The van der Waals surface area contributed by atoms with Crippen LogP contribution in [-0.2, 0) is 0 Å². The SMILES string of the molecule is CCOc1ccccc1C(C)Nc1c(C)n[nH]c1C. The molecule has 4 heteroatoms. The number of rotatable bonds is 5. The molecule has 0 aliphatic rings. The van der Waals surface area contributed by atoms with Gasteiger partial charge in [-0.05, 0) is 33.8 Å². The summed E-state index contributed by atoms with van der Waals surface area (Å²) in [6, 6.07) is 8.29. The number of aromatic amines is 1. The molecule has 0 saturated heterocycles. The summed E-state index contributed by atoms with van der Waals surface area (Å²) in [5.41, 5.74) is 4.26. The van der Waals surface area contributed by atoms with Crippen LogP contribution in [0.1, 0.15) is 36.8 Å². The summed E-state index contributed by atoms with van der Waals surface area (Å²) >= 11 is 0. The molecule has 0 aliphatic carbocycles. The van der Waals surface area contributed by atoms with Crippen LogP contribution in [0.25, 0.3) is 0 Å². The second-order valence-electron chi connectivity index (χ2n) is 4.65. The number of aromatic nitrogens is 2. The number of hydrogen-bond donors (Lipinski definition) is 2. The Morgan fingerprint density at radius 3 is 2.68 bits per heavy atom. The van der Waals surface area contributed by atoms with Crippen molar-refractivity contribution >= 4 is 5.69 Å². The van der Waals surface area contributed by atoms with E-state index in [1.54, 1.807) is 0 Å². The van der Waals surface area contributed by atoms with E-state index in [9.17, 15) is 0 Å². The fourth-order valence-corrected chi connectivity index (χ4v) is 2.18. The van der Waals surface area contributed by atoms with Crippen molar-refractivity contribution in [2.45, 2.75) is 33.7 Å². The van der Waals surface area contributed by atoms with Crippen molar-refractivity contribution in [1.29, 1.82) is 0 Å². The van der Waals surface area contributed by atoms with Gasteiger partial charge in [0.2, 0.25) is 0 Å². The Kier molecular flexibility index (Phi) is 4.10. The number of anilines is 1. The maximum atomic E-state index is 5.67. The van der Waals surface area contributed by atoms with Crippen molar-refractivity contribution in [3.8, 4) is 5.75 Å². The summed E-state index contributed by atoms with van der Waals surface area (Å²) in [7, 11) is 0. The van der Waals surface area contributed by atoms with Crippen LogP contribution in [0.5, 0.6) is 5.75 Å². The lowest BCUT2D eigenvalue weighted by atomic mass is 10.1. The molecule has 1 unspecified atom stereocenters. The minimum absolute atomic E-state index is 0.165. The lowest BCUT2D eigenvalue weighted by Gasteiger charge is -2.19. The minimum atomic E-state index is 0.165. The summed E-state index contributed by atoms with van der Waals surface area (Å²) in [6.07, 6.45) is 0. The molecule has 1 atom stereocenters. The quantitative estimate of drug-likeness (QED) is 0.862. The molecule has 0 saturated carbocycles. The molecule has 1 aromatic heterocycles. The predicted octanol–water partition coefficient (Wildman–Crippen LogP) is 3.60. The Hall–Kier alpha value is -1.97. The molecule has 4 nitrogen and oxygen atoms in total. The average molecular weight is 259 g/mol. The van der Waals surface area contributed by atoms with Crippen molar-refractivity contribution in [2.24, 2.45) is 0 Å². The van der Waals surface area contributed by atoms with E-state index in [1.807, 2.05) is 39.0 Å². The molecule has 2 N–H and O–H groups in total. The van der Waals surface area contributed by atoms with Gasteiger partial charge in [0.15, 0.2) is 0 Å². The second-order valence-corrected chi connectivity index (χ2v) is 4.65. The molecule has 0 bridgehead atoms. The minimum Gasteiger partial charge on any atom is -0.494 e. The zero-order chi connectivity index (χ0) is 13.8. The standard InChI is InChI=1S/C15H21N3O/c1-5-19-14-9-7-6-8-13(14)10(2)16-15-11(3)17-18-12(15)4/h6-10,16H,5H2,1-4H3,(H,17,18). The third-order valence-electron chi connectivity index (χ3n) is 3.17. The van der Waals surface area contributed by atoms with Crippen LogP contribution in [0.4, 0.5) is 5.69 Å². The van der Waals surface area contributed by atoms with Crippen LogP contribution in [0.2, 0.25) is 0 Å². The first kappa shape index (κ1) is 13.5. The zero-order valence-corrected chi connectivity index (χ0v) is 11.9. The zero-order valence-electron chi connectivity index (χ0n) is 11.9. The van der Waals surface area contributed by atoms with Crippen molar-refractivity contribution in [3.05, 3.63) is 41.2 Å². The molecular formula is C15H21N3O. The summed E-state index contributed by atoms with van der Waals surface area (Å²) in [6.45, 7) is 8.81. The smallest absolute Gasteiger partial charge is 0.124 e. The van der Waals surface area contributed by atoms with Gasteiger partial charge in [-0.1, -0.05) is 18.2 Å². The van der Waals surface area contributed by atoms with Crippen LogP contribution in [0.15, 0.2) is 24.3 Å². The van der Waals surface area contributed by atoms with Gasteiger partial charge >= 0.3 is 0 Å². The number of benzene rings is 1. The van der Waals surface area contributed by atoms with E-state index >= 15 is 0 Å². The number of para-hydroxylation sites is 1. The molecule has 19 heavy (non-hydrogen) atoms. The fraction of sp³-hybridized carbons (Fsp3) is 0.400. The van der Waals surface area contributed by atoms with Crippen molar-refractivity contribution in [1.82, 2.24) is 10.2 Å². The molecule has 2 rings (SSSR count). The first-order valence-electron chi connectivity index (χ1n) is 6.63. The van der Waals surface area contributed by atoms with Crippen molar-refractivity contribution in [3.63, 3.8) is 0 Å². The Morgan fingerprint density at radius 1 is 1.32 bits per heavy atom.